The minimum absolute atomic E-state index is 0.192. The van der Waals surface area contributed by atoms with E-state index in [1.54, 1.807) is 35.0 Å². The average Bonchev–Trinajstić information content (AvgIpc) is 3.03. The summed E-state index contributed by atoms with van der Waals surface area (Å²) in [4.78, 5) is 31.7. The molecule has 0 spiro atoms. The predicted molar refractivity (Wildman–Crippen MR) is 99.7 cm³/mol. The van der Waals surface area contributed by atoms with E-state index in [1.807, 2.05) is 6.92 Å². The summed E-state index contributed by atoms with van der Waals surface area (Å²) in [7, 11) is 1.27. The molecule has 144 valence electrons. The molecular weight excluding hydrogens is 369 g/mol. The number of ether oxygens (including phenoxy) is 1. The molecule has 1 aromatic heterocycles. The molecule has 8 heteroatoms. The van der Waals surface area contributed by atoms with Gasteiger partial charge in [0.25, 0.3) is 0 Å². The fourth-order valence-electron chi connectivity index (χ4n) is 3.36. The smallest absolute Gasteiger partial charge is 0.325 e. The summed E-state index contributed by atoms with van der Waals surface area (Å²) in [5.74, 6) is -1.09. The zero-order chi connectivity index (χ0) is 19.4. The van der Waals surface area contributed by atoms with Gasteiger partial charge in [-0.1, -0.05) is 18.2 Å². The van der Waals surface area contributed by atoms with E-state index in [9.17, 15) is 14.0 Å². The monoisotopic (exact) mass is 391 g/mol. The number of benzene rings is 1. The number of likely N-dealkylation sites (tertiary alicyclic amines) is 1. The molecule has 0 aliphatic carbocycles. The Bertz CT molecular complexity index is 833. The molecule has 27 heavy (non-hydrogen) atoms. The first-order valence-electron chi connectivity index (χ1n) is 8.63. The summed E-state index contributed by atoms with van der Waals surface area (Å²) in [6.45, 7) is 3.46. The van der Waals surface area contributed by atoms with E-state index < -0.39 is 11.4 Å². The molecule has 2 aromatic rings. The van der Waals surface area contributed by atoms with E-state index in [2.05, 4.69) is 19.9 Å². The first-order valence-corrected chi connectivity index (χ1v) is 9.51. The average molecular weight is 391 g/mol. The van der Waals surface area contributed by atoms with E-state index in [1.165, 1.54) is 13.2 Å². The minimum atomic E-state index is -0.769. The number of carbonyl (C=O) groups is 2. The van der Waals surface area contributed by atoms with E-state index in [-0.39, 0.29) is 24.7 Å². The third kappa shape index (κ3) is 4.33. The number of hydrogen-bond donors (Lipinski definition) is 1. The van der Waals surface area contributed by atoms with E-state index in [4.69, 9.17) is 0 Å². The highest BCUT2D eigenvalue weighted by molar-refractivity contribution is 7.09. The second kappa shape index (κ2) is 8.14. The van der Waals surface area contributed by atoms with Crippen molar-refractivity contribution in [2.24, 2.45) is 5.41 Å². The summed E-state index contributed by atoms with van der Waals surface area (Å²) in [5.41, 5.74) is 2.52. The number of thiazole rings is 1. The number of nitrogens with one attached hydrogen (secondary N) is 1. The summed E-state index contributed by atoms with van der Waals surface area (Å²) in [5, 5.41) is 2.63. The summed E-state index contributed by atoms with van der Waals surface area (Å²) >= 11 is 1.58. The molecule has 1 aromatic carbocycles. The Hall–Kier alpha value is -2.32. The number of carbonyl (C=O) groups excluding carboxylic acids is 2. The third-order valence-electron chi connectivity index (χ3n) is 4.85. The van der Waals surface area contributed by atoms with Gasteiger partial charge in [0.15, 0.2) is 0 Å². The molecule has 1 amide bonds. The van der Waals surface area contributed by atoms with Gasteiger partial charge in [-0.3, -0.25) is 14.5 Å². The quantitative estimate of drug-likeness (QED) is 0.731. The molecule has 1 fully saturated rings. The number of halogens is 1. The van der Waals surface area contributed by atoms with Crippen LogP contribution in [0.2, 0.25) is 0 Å². The highest BCUT2D eigenvalue weighted by atomic mass is 32.1. The van der Waals surface area contributed by atoms with Crippen LogP contribution in [-0.4, -0.2) is 48.5 Å². The molecule has 1 N–H and O–H groups in total. The molecule has 6 nitrogen and oxygen atoms in total. The number of rotatable bonds is 7. The molecule has 0 unspecified atom stereocenters. The van der Waals surface area contributed by atoms with Crippen LogP contribution < -0.4 is 5.32 Å². The van der Waals surface area contributed by atoms with Crippen LogP contribution in [0, 0.1) is 18.2 Å². The molecule has 1 aliphatic heterocycles. The topological polar surface area (TPSA) is 71.5 Å². The van der Waals surface area contributed by atoms with E-state index in [0.29, 0.717) is 25.2 Å². The first-order chi connectivity index (χ1) is 12.9. The Morgan fingerprint density at radius 2 is 2.11 bits per heavy atom. The van der Waals surface area contributed by atoms with Crippen LogP contribution >= 0.6 is 11.3 Å². The van der Waals surface area contributed by atoms with Crippen molar-refractivity contribution >= 4 is 23.2 Å². The van der Waals surface area contributed by atoms with Crippen LogP contribution in [0.25, 0.3) is 0 Å². The normalized spacial score (nSPS) is 15.8. The second-order valence-electron chi connectivity index (χ2n) is 6.81. The molecular formula is C19H22FN3O3S. The third-order valence-corrected chi connectivity index (χ3v) is 5.77. The zero-order valence-electron chi connectivity index (χ0n) is 15.3. The Balaban J connectivity index is 1.72. The lowest BCUT2D eigenvalue weighted by atomic mass is 9.73. The van der Waals surface area contributed by atoms with Crippen LogP contribution in [0.5, 0.6) is 0 Å². The van der Waals surface area contributed by atoms with Gasteiger partial charge in [-0.05, 0) is 25.0 Å². The van der Waals surface area contributed by atoms with Gasteiger partial charge >= 0.3 is 5.97 Å². The Labute approximate surface area is 161 Å². The van der Waals surface area contributed by atoms with Crippen molar-refractivity contribution in [2.45, 2.75) is 19.9 Å². The van der Waals surface area contributed by atoms with Crippen LogP contribution in [0.3, 0.4) is 0 Å². The standard InChI is InChI=1S/C19H22FN3O3S/c1-13-16(27-12-22-13)9-23-10-19(11-23,18(25)21-8-17(24)26-2)7-14-5-3-4-6-15(14)20/h3-6,12H,7-11H2,1-2H3,(H,21,25). The molecule has 0 bridgehead atoms. The lowest BCUT2D eigenvalue weighted by Gasteiger charge is -2.49. The van der Waals surface area contributed by atoms with Crippen molar-refractivity contribution in [1.82, 2.24) is 15.2 Å². The molecule has 1 saturated heterocycles. The molecule has 2 heterocycles. The number of methoxy groups -OCH3 is 1. The Kier molecular flexibility index (Phi) is 5.86. The molecule has 0 saturated carbocycles. The van der Waals surface area contributed by atoms with E-state index in [0.717, 1.165) is 10.6 Å². The SMILES string of the molecule is COC(=O)CNC(=O)C1(Cc2ccccc2F)CN(Cc2scnc2C)C1. The van der Waals surface area contributed by atoms with Gasteiger partial charge in [0, 0.05) is 24.5 Å². The van der Waals surface area contributed by atoms with Gasteiger partial charge < -0.3 is 10.1 Å². The van der Waals surface area contributed by atoms with Crippen molar-refractivity contribution in [1.29, 1.82) is 0 Å². The van der Waals surface area contributed by atoms with E-state index >= 15 is 0 Å². The van der Waals surface area contributed by atoms with Gasteiger partial charge in [0.1, 0.15) is 12.4 Å². The Morgan fingerprint density at radius 3 is 2.74 bits per heavy atom. The van der Waals surface area contributed by atoms with Crippen LogP contribution in [-0.2, 0) is 27.3 Å². The van der Waals surface area contributed by atoms with Crippen LogP contribution in [0.4, 0.5) is 4.39 Å². The molecule has 1 aliphatic rings. The predicted octanol–water partition coefficient (Wildman–Crippen LogP) is 1.92. The van der Waals surface area contributed by atoms with Gasteiger partial charge in [0.2, 0.25) is 5.91 Å². The number of hydrogen-bond acceptors (Lipinski definition) is 6. The largest absolute Gasteiger partial charge is 0.468 e. The number of aromatic nitrogens is 1. The maximum Gasteiger partial charge on any atom is 0.325 e. The van der Waals surface area contributed by atoms with Gasteiger partial charge in [0.05, 0.1) is 23.7 Å². The van der Waals surface area contributed by atoms with Crippen molar-refractivity contribution in [3.05, 3.63) is 51.7 Å². The highest BCUT2D eigenvalue weighted by Gasteiger charge is 2.49. The fraction of sp³-hybridized carbons (Fsp3) is 0.421. The summed E-state index contributed by atoms with van der Waals surface area (Å²) < 4.78 is 18.7. The number of nitrogens with zero attached hydrogens (tertiary/aromatic N) is 2. The fourth-order valence-corrected chi connectivity index (χ4v) is 4.18. The molecule has 3 rings (SSSR count). The molecule has 0 radical (unpaired) electrons. The maximum absolute atomic E-state index is 14.1. The zero-order valence-corrected chi connectivity index (χ0v) is 16.1. The highest BCUT2D eigenvalue weighted by Crippen LogP contribution is 2.37. The van der Waals surface area contributed by atoms with Gasteiger partial charge in [-0.2, -0.15) is 0 Å². The number of esters is 1. The number of amides is 1. The minimum Gasteiger partial charge on any atom is -0.468 e. The summed E-state index contributed by atoms with van der Waals surface area (Å²) in [6, 6.07) is 6.48. The molecule has 0 atom stereocenters. The van der Waals surface area contributed by atoms with Crippen molar-refractivity contribution < 1.29 is 18.7 Å². The van der Waals surface area contributed by atoms with Crippen molar-refractivity contribution in [2.75, 3.05) is 26.7 Å². The Morgan fingerprint density at radius 1 is 1.37 bits per heavy atom. The lowest BCUT2D eigenvalue weighted by Crippen LogP contribution is -2.64. The second-order valence-corrected chi connectivity index (χ2v) is 7.75. The van der Waals surface area contributed by atoms with Gasteiger partial charge in [-0.15, -0.1) is 11.3 Å². The van der Waals surface area contributed by atoms with Crippen molar-refractivity contribution in [3.63, 3.8) is 0 Å². The summed E-state index contributed by atoms with van der Waals surface area (Å²) in [6.07, 6.45) is 0.283. The van der Waals surface area contributed by atoms with Gasteiger partial charge in [-0.25, -0.2) is 9.37 Å². The van der Waals surface area contributed by atoms with Crippen LogP contribution in [0.15, 0.2) is 29.8 Å². The first kappa shape index (κ1) is 19.4. The van der Waals surface area contributed by atoms with Crippen molar-refractivity contribution in [3.8, 4) is 0 Å². The number of aryl methyl sites for hydroxylation is 1. The lowest BCUT2D eigenvalue weighted by molar-refractivity contribution is -0.147. The van der Waals surface area contributed by atoms with Crippen LogP contribution in [0.1, 0.15) is 16.1 Å². The maximum atomic E-state index is 14.1.